The number of hydrogen-bond donors (Lipinski definition) is 1. The van der Waals surface area contributed by atoms with Crippen LogP contribution >= 0.6 is 0 Å². The Labute approximate surface area is 91.0 Å². The summed E-state index contributed by atoms with van der Waals surface area (Å²) in [7, 11) is -1.25. The molecule has 0 aliphatic rings. The van der Waals surface area contributed by atoms with Crippen molar-refractivity contribution in [3.63, 3.8) is 0 Å². The summed E-state index contributed by atoms with van der Waals surface area (Å²) in [6, 6.07) is -0.524. The molecule has 0 heterocycles. The molecule has 0 aliphatic heterocycles. The smallest absolute Gasteiger partial charge is 0.320 e. The second-order valence-electron chi connectivity index (χ2n) is 3.73. The predicted octanol–water partition coefficient (Wildman–Crippen LogP) is 0.216. The van der Waals surface area contributed by atoms with Gasteiger partial charge in [0.15, 0.2) is 0 Å². The number of aliphatic carboxylic acids is 1. The van der Waals surface area contributed by atoms with Gasteiger partial charge in [0.2, 0.25) is 0 Å². The highest BCUT2D eigenvalue weighted by Gasteiger charge is 2.19. The second-order valence-corrected chi connectivity index (χ2v) is 5.99. The molecule has 0 amide bonds. The zero-order chi connectivity index (χ0) is 12.1. The first-order valence-electron chi connectivity index (χ1n) is 4.88. The van der Waals surface area contributed by atoms with E-state index in [1.165, 1.54) is 6.26 Å². The van der Waals surface area contributed by atoms with Gasteiger partial charge in [0.1, 0.15) is 15.9 Å². The maximum absolute atomic E-state index is 10.9. The molecule has 0 aliphatic carbocycles. The highest BCUT2D eigenvalue weighted by molar-refractivity contribution is 7.90. The van der Waals surface area contributed by atoms with Crippen LogP contribution in [0.15, 0.2) is 0 Å². The van der Waals surface area contributed by atoms with Gasteiger partial charge in [-0.25, -0.2) is 8.42 Å². The summed E-state index contributed by atoms with van der Waals surface area (Å²) in [5.41, 5.74) is 0. The Morgan fingerprint density at radius 1 is 1.47 bits per heavy atom. The monoisotopic (exact) mass is 237 g/mol. The molecule has 0 rings (SSSR count). The van der Waals surface area contributed by atoms with E-state index >= 15 is 0 Å². The van der Waals surface area contributed by atoms with Crippen molar-refractivity contribution in [3.8, 4) is 0 Å². The molecule has 0 bridgehead atoms. The third-order valence-electron chi connectivity index (χ3n) is 2.23. The molecule has 0 spiro atoms. The van der Waals surface area contributed by atoms with Gasteiger partial charge in [-0.2, -0.15) is 0 Å². The van der Waals surface area contributed by atoms with Crippen molar-refractivity contribution >= 4 is 15.8 Å². The average molecular weight is 237 g/mol. The first-order valence-corrected chi connectivity index (χ1v) is 6.94. The van der Waals surface area contributed by atoms with Gasteiger partial charge >= 0.3 is 5.97 Å². The van der Waals surface area contributed by atoms with E-state index < -0.39 is 21.8 Å². The molecule has 6 heteroatoms. The van der Waals surface area contributed by atoms with Crippen LogP contribution in [0.25, 0.3) is 0 Å². The van der Waals surface area contributed by atoms with Crippen molar-refractivity contribution < 1.29 is 18.3 Å². The normalized spacial score (nSPS) is 14.1. The molecule has 0 aromatic carbocycles. The first kappa shape index (κ1) is 14.4. The highest BCUT2D eigenvalue weighted by atomic mass is 32.2. The first-order chi connectivity index (χ1) is 6.78. The highest BCUT2D eigenvalue weighted by Crippen LogP contribution is 2.03. The molecule has 90 valence electrons. The van der Waals surface area contributed by atoms with Crippen LogP contribution in [0.3, 0.4) is 0 Å². The number of carboxylic acids is 1. The van der Waals surface area contributed by atoms with E-state index in [1.807, 2.05) is 0 Å². The van der Waals surface area contributed by atoms with Gasteiger partial charge in [-0.05, 0) is 26.4 Å². The summed E-state index contributed by atoms with van der Waals surface area (Å²) in [6.45, 7) is 2.28. The SMILES string of the molecule is CCC(C(=O)O)N(C)CCCS(C)(=O)=O. The molecule has 0 fully saturated rings. The Kier molecular flexibility index (Phi) is 5.82. The molecule has 5 nitrogen and oxygen atoms in total. The third-order valence-corrected chi connectivity index (χ3v) is 3.26. The summed E-state index contributed by atoms with van der Waals surface area (Å²) >= 11 is 0. The average Bonchev–Trinajstić information content (AvgIpc) is 2.01. The summed E-state index contributed by atoms with van der Waals surface area (Å²) in [6.07, 6.45) is 2.17. The van der Waals surface area contributed by atoms with Gasteiger partial charge in [0, 0.05) is 6.26 Å². The molecule has 0 aromatic rings. The van der Waals surface area contributed by atoms with E-state index in [2.05, 4.69) is 0 Å². The van der Waals surface area contributed by atoms with Crippen molar-refractivity contribution in [2.45, 2.75) is 25.8 Å². The lowest BCUT2D eigenvalue weighted by Gasteiger charge is -2.22. The largest absolute Gasteiger partial charge is 0.480 e. The molecular formula is C9H19NO4S. The number of hydrogen-bond acceptors (Lipinski definition) is 4. The van der Waals surface area contributed by atoms with Crippen molar-refractivity contribution in [1.29, 1.82) is 0 Å². The molecular weight excluding hydrogens is 218 g/mol. The zero-order valence-electron chi connectivity index (χ0n) is 9.43. The quantitative estimate of drug-likeness (QED) is 0.685. The Morgan fingerprint density at radius 3 is 2.33 bits per heavy atom. The van der Waals surface area contributed by atoms with E-state index in [1.54, 1.807) is 18.9 Å². The van der Waals surface area contributed by atoms with Crippen LogP contribution in [0, 0.1) is 0 Å². The zero-order valence-corrected chi connectivity index (χ0v) is 10.2. The van der Waals surface area contributed by atoms with Crippen LogP contribution in [0.1, 0.15) is 19.8 Å². The predicted molar refractivity (Wildman–Crippen MR) is 58.7 cm³/mol. The van der Waals surface area contributed by atoms with Gasteiger partial charge in [0.05, 0.1) is 5.75 Å². The minimum atomic E-state index is -2.95. The van der Waals surface area contributed by atoms with Crippen LogP contribution in [-0.4, -0.2) is 56.0 Å². The molecule has 1 atom stereocenters. The van der Waals surface area contributed by atoms with Crippen molar-refractivity contribution in [1.82, 2.24) is 4.90 Å². The van der Waals surface area contributed by atoms with E-state index in [4.69, 9.17) is 5.11 Å². The molecule has 0 aromatic heterocycles. The Bertz CT molecular complexity index is 299. The van der Waals surface area contributed by atoms with Gasteiger partial charge in [-0.15, -0.1) is 0 Å². The minimum Gasteiger partial charge on any atom is -0.480 e. The fourth-order valence-electron chi connectivity index (χ4n) is 1.41. The number of carbonyl (C=O) groups is 1. The number of carboxylic acid groups (broad SMARTS) is 1. The van der Waals surface area contributed by atoms with Gasteiger partial charge in [0.25, 0.3) is 0 Å². The summed E-state index contributed by atoms with van der Waals surface area (Å²) in [5.74, 6) is -0.757. The van der Waals surface area contributed by atoms with Crippen molar-refractivity contribution in [2.75, 3.05) is 25.6 Å². The van der Waals surface area contributed by atoms with Crippen LogP contribution in [0.4, 0.5) is 0 Å². The number of nitrogens with zero attached hydrogens (tertiary/aromatic N) is 1. The van der Waals surface area contributed by atoms with Crippen molar-refractivity contribution in [2.24, 2.45) is 0 Å². The van der Waals surface area contributed by atoms with Crippen LogP contribution in [0.2, 0.25) is 0 Å². The van der Waals surface area contributed by atoms with E-state index in [9.17, 15) is 13.2 Å². The number of likely N-dealkylation sites (N-methyl/N-ethyl adjacent to an activating group) is 1. The van der Waals surface area contributed by atoms with E-state index in [0.717, 1.165) is 0 Å². The maximum Gasteiger partial charge on any atom is 0.320 e. The van der Waals surface area contributed by atoms with Crippen LogP contribution < -0.4 is 0 Å². The lowest BCUT2D eigenvalue weighted by Crippen LogP contribution is -2.38. The van der Waals surface area contributed by atoms with Crippen LogP contribution in [0.5, 0.6) is 0 Å². The van der Waals surface area contributed by atoms with E-state index in [-0.39, 0.29) is 5.75 Å². The second kappa shape index (κ2) is 6.07. The fourth-order valence-corrected chi connectivity index (χ4v) is 2.06. The molecule has 0 radical (unpaired) electrons. The lowest BCUT2D eigenvalue weighted by molar-refractivity contribution is -0.142. The number of sulfone groups is 1. The van der Waals surface area contributed by atoms with Gasteiger partial charge in [-0.3, -0.25) is 9.69 Å². The lowest BCUT2D eigenvalue weighted by atomic mass is 10.2. The Hall–Kier alpha value is -0.620. The molecule has 1 unspecified atom stereocenters. The molecule has 15 heavy (non-hydrogen) atoms. The molecule has 0 saturated heterocycles. The molecule has 0 saturated carbocycles. The Balaban J connectivity index is 4.02. The Morgan fingerprint density at radius 2 is 2.00 bits per heavy atom. The van der Waals surface area contributed by atoms with Gasteiger partial charge < -0.3 is 5.11 Å². The maximum atomic E-state index is 10.9. The van der Waals surface area contributed by atoms with Crippen LogP contribution in [-0.2, 0) is 14.6 Å². The summed E-state index contributed by atoms with van der Waals surface area (Å²) in [5, 5.41) is 8.84. The summed E-state index contributed by atoms with van der Waals surface area (Å²) < 4.78 is 21.7. The third kappa shape index (κ3) is 6.46. The fraction of sp³-hybridized carbons (Fsp3) is 0.889. The topological polar surface area (TPSA) is 74.7 Å². The standard InChI is InChI=1S/C9H19NO4S/c1-4-8(9(11)12)10(2)6-5-7-15(3,13)14/h8H,4-7H2,1-3H3,(H,11,12). The molecule has 1 N–H and O–H groups in total. The van der Waals surface area contributed by atoms with Crippen molar-refractivity contribution in [3.05, 3.63) is 0 Å². The number of rotatable bonds is 7. The van der Waals surface area contributed by atoms with Gasteiger partial charge in [-0.1, -0.05) is 6.92 Å². The minimum absolute atomic E-state index is 0.105. The van der Waals surface area contributed by atoms with E-state index in [0.29, 0.717) is 19.4 Å². The summed E-state index contributed by atoms with van der Waals surface area (Å²) in [4.78, 5) is 12.4.